The van der Waals surface area contributed by atoms with Crippen LogP contribution in [0, 0.1) is 18.8 Å². The predicted molar refractivity (Wildman–Crippen MR) is 128 cm³/mol. The van der Waals surface area contributed by atoms with Crippen molar-refractivity contribution < 1.29 is 14.0 Å². The SMILES string of the molecule is Cc1ccc(CN2C(=O)c3cc4occc4n3C[C@]2(C)C(=O)N[C@@H]2CCC[C@H](C)[C@@H]2C)cc1. The average Bonchev–Trinajstić information content (AvgIpc) is 3.38. The lowest BCUT2D eigenvalue weighted by molar-refractivity contribution is -0.134. The van der Waals surface area contributed by atoms with Crippen LogP contribution in [0.2, 0.25) is 0 Å². The third kappa shape index (κ3) is 3.65. The number of fused-ring (bicyclic) bond motifs is 3. The molecular formula is C27H33N3O3. The third-order valence-electron chi connectivity index (χ3n) is 8.02. The molecule has 1 saturated carbocycles. The summed E-state index contributed by atoms with van der Waals surface area (Å²) in [5, 5.41) is 3.35. The van der Waals surface area contributed by atoms with Crippen LogP contribution in [0.5, 0.6) is 0 Å². The van der Waals surface area contributed by atoms with Gasteiger partial charge in [0.15, 0.2) is 5.58 Å². The van der Waals surface area contributed by atoms with Crippen LogP contribution in [-0.4, -0.2) is 32.9 Å². The van der Waals surface area contributed by atoms with Crippen LogP contribution in [-0.2, 0) is 17.9 Å². The van der Waals surface area contributed by atoms with Gasteiger partial charge in [-0.25, -0.2) is 0 Å². The fourth-order valence-electron chi connectivity index (χ4n) is 5.51. The first-order chi connectivity index (χ1) is 15.8. The van der Waals surface area contributed by atoms with Crippen LogP contribution in [0.1, 0.15) is 61.6 Å². The third-order valence-corrected chi connectivity index (χ3v) is 8.02. The molecule has 0 spiro atoms. The molecule has 5 rings (SSSR count). The van der Waals surface area contributed by atoms with Gasteiger partial charge in [-0.3, -0.25) is 9.59 Å². The van der Waals surface area contributed by atoms with Crippen molar-refractivity contribution in [3.05, 3.63) is 59.5 Å². The summed E-state index contributed by atoms with van der Waals surface area (Å²) in [6.07, 6.45) is 4.94. The summed E-state index contributed by atoms with van der Waals surface area (Å²) >= 11 is 0. The van der Waals surface area contributed by atoms with Gasteiger partial charge in [-0.2, -0.15) is 0 Å². The summed E-state index contributed by atoms with van der Waals surface area (Å²) in [4.78, 5) is 29.4. The Bertz CT molecular complexity index is 1190. The Hall–Kier alpha value is -3.02. The summed E-state index contributed by atoms with van der Waals surface area (Å²) in [6.45, 7) is 9.21. The molecule has 3 heterocycles. The second-order valence-electron chi connectivity index (χ2n) is 10.3. The molecule has 2 amide bonds. The van der Waals surface area contributed by atoms with Gasteiger partial charge in [0.1, 0.15) is 11.2 Å². The van der Waals surface area contributed by atoms with Gasteiger partial charge in [0, 0.05) is 24.7 Å². The van der Waals surface area contributed by atoms with Gasteiger partial charge in [0.2, 0.25) is 5.91 Å². The predicted octanol–water partition coefficient (Wildman–Crippen LogP) is 4.90. The van der Waals surface area contributed by atoms with E-state index in [2.05, 4.69) is 19.2 Å². The molecule has 0 bridgehead atoms. The van der Waals surface area contributed by atoms with Crippen molar-refractivity contribution in [2.75, 3.05) is 0 Å². The minimum Gasteiger partial charge on any atom is -0.463 e. The van der Waals surface area contributed by atoms with E-state index in [1.54, 1.807) is 17.2 Å². The number of carbonyl (C=O) groups is 2. The molecule has 3 aromatic rings. The maximum absolute atomic E-state index is 13.9. The maximum Gasteiger partial charge on any atom is 0.271 e. The van der Waals surface area contributed by atoms with E-state index in [1.165, 1.54) is 12.0 Å². The number of hydrogen-bond donors (Lipinski definition) is 1. The highest BCUT2D eigenvalue weighted by Crippen LogP contribution is 2.35. The van der Waals surface area contributed by atoms with Crippen LogP contribution in [0.3, 0.4) is 0 Å². The molecule has 6 heteroatoms. The normalized spacial score (nSPS) is 27.6. The van der Waals surface area contributed by atoms with Crippen LogP contribution < -0.4 is 5.32 Å². The largest absolute Gasteiger partial charge is 0.463 e. The Morgan fingerprint density at radius 3 is 2.70 bits per heavy atom. The Balaban J connectivity index is 1.52. The van der Waals surface area contributed by atoms with Gasteiger partial charge in [0.25, 0.3) is 5.91 Å². The molecular weight excluding hydrogens is 414 g/mol. The highest BCUT2D eigenvalue weighted by molar-refractivity contribution is 6.02. The molecule has 0 saturated heterocycles. The molecule has 1 aliphatic carbocycles. The van der Waals surface area contributed by atoms with Crippen LogP contribution in [0.15, 0.2) is 47.1 Å². The minimum absolute atomic E-state index is 0.0788. The van der Waals surface area contributed by atoms with Crippen molar-refractivity contribution in [3.8, 4) is 0 Å². The number of aryl methyl sites for hydroxylation is 1. The number of nitrogens with one attached hydrogen (secondary N) is 1. The Labute approximate surface area is 194 Å². The van der Waals surface area contributed by atoms with E-state index in [-0.39, 0.29) is 17.9 Å². The highest BCUT2D eigenvalue weighted by atomic mass is 16.3. The summed E-state index contributed by atoms with van der Waals surface area (Å²) in [7, 11) is 0. The number of rotatable bonds is 4. The smallest absolute Gasteiger partial charge is 0.271 e. The molecule has 1 aliphatic heterocycles. The number of aromatic nitrogens is 1. The highest BCUT2D eigenvalue weighted by Gasteiger charge is 2.48. The first-order valence-corrected chi connectivity index (χ1v) is 12.0. The number of benzene rings is 1. The second-order valence-corrected chi connectivity index (χ2v) is 10.3. The molecule has 2 aromatic heterocycles. The first kappa shape index (κ1) is 21.8. The molecule has 1 aromatic carbocycles. The van der Waals surface area contributed by atoms with E-state index in [0.717, 1.165) is 23.9 Å². The zero-order valence-electron chi connectivity index (χ0n) is 19.9. The Morgan fingerprint density at radius 2 is 1.94 bits per heavy atom. The molecule has 6 nitrogen and oxygen atoms in total. The van der Waals surface area contributed by atoms with Gasteiger partial charge in [0.05, 0.1) is 18.3 Å². The molecule has 0 radical (unpaired) electrons. The molecule has 4 atom stereocenters. The van der Waals surface area contributed by atoms with E-state index in [1.807, 2.05) is 48.7 Å². The summed E-state index contributed by atoms with van der Waals surface area (Å²) in [6, 6.07) is 11.9. The van der Waals surface area contributed by atoms with Crippen LogP contribution >= 0.6 is 0 Å². The molecule has 33 heavy (non-hydrogen) atoms. The monoisotopic (exact) mass is 447 g/mol. The molecule has 1 fully saturated rings. The number of hydrogen-bond acceptors (Lipinski definition) is 3. The molecule has 0 unspecified atom stereocenters. The Kier molecular flexibility index (Phi) is 5.34. The van der Waals surface area contributed by atoms with Crippen molar-refractivity contribution in [3.63, 3.8) is 0 Å². The minimum atomic E-state index is -1.02. The first-order valence-electron chi connectivity index (χ1n) is 12.0. The molecule has 174 valence electrons. The van der Waals surface area contributed by atoms with Crippen molar-refractivity contribution >= 4 is 22.9 Å². The van der Waals surface area contributed by atoms with E-state index in [0.29, 0.717) is 36.2 Å². The lowest BCUT2D eigenvalue weighted by atomic mass is 9.77. The van der Waals surface area contributed by atoms with Gasteiger partial charge in [-0.05, 0) is 37.7 Å². The summed E-state index contributed by atoms with van der Waals surface area (Å²) in [5.74, 6) is 0.773. The van der Waals surface area contributed by atoms with E-state index >= 15 is 0 Å². The maximum atomic E-state index is 13.9. The van der Waals surface area contributed by atoms with Crippen molar-refractivity contribution in [2.24, 2.45) is 11.8 Å². The van der Waals surface area contributed by atoms with E-state index in [4.69, 9.17) is 4.42 Å². The van der Waals surface area contributed by atoms with Gasteiger partial charge >= 0.3 is 0 Å². The topological polar surface area (TPSA) is 67.5 Å². The van der Waals surface area contributed by atoms with Crippen molar-refractivity contribution in [2.45, 2.75) is 71.6 Å². The summed E-state index contributed by atoms with van der Waals surface area (Å²) in [5.41, 5.74) is 3.26. The number of carbonyl (C=O) groups excluding carboxylic acids is 2. The lowest BCUT2D eigenvalue weighted by Crippen LogP contribution is -2.65. The zero-order chi connectivity index (χ0) is 23.3. The van der Waals surface area contributed by atoms with Crippen molar-refractivity contribution in [1.29, 1.82) is 0 Å². The van der Waals surface area contributed by atoms with Crippen LogP contribution in [0.25, 0.3) is 11.1 Å². The second kappa shape index (κ2) is 8.08. The van der Waals surface area contributed by atoms with E-state index < -0.39 is 5.54 Å². The Morgan fingerprint density at radius 1 is 1.18 bits per heavy atom. The standard InChI is InChI=1S/C27H33N3O3/c1-17-8-10-20(11-9-17)15-30-25(31)23-14-24-22(12-13-33-24)29(23)16-27(30,4)26(32)28-21-7-5-6-18(2)19(21)3/h8-14,18-19,21H,5-7,15-16H2,1-4H3,(H,28,32)/t18-,19-,21+,27+/m0/s1. The average molecular weight is 448 g/mol. The summed E-state index contributed by atoms with van der Waals surface area (Å²) < 4.78 is 7.51. The van der Waals surface area contributed by atoms with Crippen LogP contribution in [0.4, 0.5) is 0 Å². The van der Waals surface area contributed by atoms with Gasteiger partial charge in [-0.15, -0.1) is 0 Å². The fraction of sp³-hybridized carbons (Fsp3) is 0.481. The number of furan rings is 1. The number of nitrogens with zero attached hydrogens (tertiary/aromatic N) is 2. The van der Waals surface area contributed by atoms with Gasteiger partial charge in [-0.1, -0.05) is 56.5 Å². The van der Waals surface area contributed by atoms with Crippen molar-refractivity contribution in [1.82, 2.24) is 14.8 Å². The van der Waals surface area contributed by atoms with E-state index in [9.17, 15) is 9.59 Å². The lowest BCUT2D eigenvalue weighted by Gasteiger charge is -2.45. The fourth-order valence-corrected chi connectivity index (χ4v) is 5.51. The molecule has 2 aliphatic rings. The molecule has 1 N–H and O–H groups in total. The number of amides is 2. The quantitative estimate of drug-likeness (QED) is 0.619. The zero-order valence-corrected chi connectivity index (χ0v) is 19.9. The van der Waals surface area contributed by atoms with Gasteiger partial charge < -0.3 is 19.2 Å².